The summed E-state index contributed by atoms with van der Waals surface area (Å²) in [4.78, 5) is 4.08. The number of hydrogen-bond donors (Lipinski definition) is 3. The first-order valence-electron chi connectivity index (χ1n) is 7.55. The van der Waals surface area contributed by atoms with Gasteiger partial charge < -0.3 is 10.6 Å². The van der Waals surface area contributed by atoms with Crippen LogP contribution in [0.3, 0.4) is 0 Å². The molecule has 1 aliphatic rings. The minimum atomic E-state index is -3.30. The molecule has 0 heterocycles. The van der Waals surface area contributed by atoms with Gasteiger partial charge in [-0.25, -0.2) is 13.1 Å². The molecule has 0 radical (unpaired) electrons. The molecule has 1 aromatic carbocycles. The van der Waals surface area contributed by atoms with E-state index >= 15 is 0 Å². The zero-order valence-corrected chi connectivity index (χ0v) is 13.7. The van der Waals surface area contributed by atoms with E-state index in [2.05, 4.69) is 20.3 Å². The lowest BCUT2D eigenvalue weighted by atomic mass is 10.2. The van der Waals surface area contributed by atoms with Crippen LogP contribution in [0.25, 0.3) is 0 Å². The van der Waals surface area contributed by atoms with Gasteiger partial charge in [0.2, 0.25) is 10.0 Å². The molecule has 0 atom stereocenters. The Bertz CT molecular complexity index is 583. The highest BCUT2D eigenvalue weighted by Gasteiger charge is 2.21. The standard InChI is InChI=1S/C15H24N4O2S/c1-16-15(18-11-14-7-8-14)17-9-10-22(20,21)19-12-13-5-3-2-4-6-13/h2-6,14,19H,7-12H2,1H3,(H2,16,17,18). The van der Waals surface area contributed by atoms with Crippen LogP contribution in [-0.2, 0) is 16.6 Å². The predicted octanol–water partition coefficient (Wildman–Crippen LogP) is 0.681. The number of sulfonamides is 1. The van der Waals surface area contributed by atoms with Crippen molar-refractivity contribution >= 4 is 16.0 Å². The number of nitrogens with zero attached hydrogens (tertiary/aromatic N) is 1. The molecule has 0 aromatic heterocycles. The van der Waals surface area contributed by atoms with Crippen LogP contribution >= 0.6 is 0 Å². The Labute approximate surface area is 132 Å². The normalized spacial score (nSPS) is 15.6. The summed E-state index contributed by atoms with van der Waals surface area (Å²) in [6, 6.07) is 9.47. The van der Waals surface area contributed by atoms with Crippen molar-refractivity contribution in [2.24, 2.45) is 10.9 Å². The number of aliphatic imine (C=N–C) groups is 1. The third kappa shape index (κ3) is 6.44. The minimum absolute atomic E-state index is 0.0178. The van der Waals surface area contributed by atoms with E-state index in [0.717, 1.165) is 18.0 Å². The second-order valence-corrected chi connectivity index (χ2v) is 7.38. The first-order chi connectivity index (χ1) is 10.6. The van der Waals surface area contributed by atoms with Gasteiger partial charge in [-0.05, 0) is 24.3 Å². The van der Waals surface area contributed by atoms with Crippen LogP contribution in [0.5, 0.6) is 0 Å². The van der Waals surface area contributed by atoms with Gasteiger partial charge in [-0.1, -0.05) is 30.3 Å². The van der Waals surface area contributed by atoms with E-state index in [1.54, 1.807) is 7.05 Å². The highest BCUT2D eigenvalue weighted by atomic mass is 32.2. The summed E-state index contributed by atoms with van der Waals surface area (Å²) >= 11 is 0. The van der Waals surface area contributed by atoms with Crippen LogP contribution in [0.4, 0.5) is 0 Å². The minimum Gasteiger partial charge on any atom is -0.356 e. The Hall–Kier alpha value is -1.60. The SMILES string of the molecule is CN=C(NCCS(=O)(=O)NCc1ccccc1)NCC1CC1. The molecule has 7 heteroatoms. The Kier molecular flexibility index (Phi) is 6.21. The van der Waals surface area contributed by atoms with Crippen molar-refractivity contribution in [1.29, 1.82) is 0 Å². The molecule has 0 bridgehead atoms. The van der Waals surface area contributed by atoms with Gasteiger partial charge in [0.15, 0.2) is 5.96 Å². The number of hydrogen-bond acceptors (Lipinski definition) is 3. The van der Waals surface area contributed by atoms with Crippen molar-refractivity contribution in [1.82, 2.24) is 15.4 Å². The highest BCUT2D eigenvalue weighted by Crippen LogP contribution is 2.27. The molecule has 22 heavy (non-hydrogen) atoms. The van der Waals surface area contributed by atoms with Gasteiger partial charge >= 0.3 is 0 Å². The zero-order chi connectivity index (χ0) is 15.8. The lowest BCUT2D eigenvalue weighted by Gasteiger charge is -2.12. The molecule has 1 saturated carbocycles. The van der Waals surface area contributed by atoms with Gasteiger partial charge in [0.05, 0.1) is 5.75 Å². The zero-order valence-electron chi connectivity index (χ0n) is 12.9. The summed E-state index contributed by atoms with van der Waals surface area (Å²) in [6.07, 6.45) is 2.53. The van der Waals surface area contributed by atoms with Crippen LogP contribution in [0.15, 0.2) is 35.3 Å². The molecule has 0 saturated heterocycles. The van der Waals surface area contributed by atoms with Gasteiger partial charge in [0.25, 0.3) is 0 Å². The Morgan fingerprint density at radius 1 is 1.23 bits per heavy atom. The van der Waals surface area contributed by atoms with Crippen LogP contribution in [0, 0.1) is 5.92 Å². The van der Waals surface area contributed by atoms with E-state index in [1.165, 1.54) is 12.8 Å². The number of rotatable bonds is 8. The van der Waals surface area contributed by atoms with Crippen molar-refractivity contribution in [2.75, 3.05) is 25.9 Å². The monoisotopic (exact) mass is 324 g/mol. The third-order valence-corrected chi connectivity index (χ3v) is 4.81. The maximum absolute atomic E-state index is 11.9. The summed E-state index contributed by atoms with van der Waals surface area (Å²) in [5, 5.41) is 6.23. The molecule has 0 amide bonds. The molecule has 1 aliphatic carbocycles. The summed E-state index contributed by atoms with van der Waals surface area (Å²) in [5.41, 5.74) is 0.945. The van der Waals surface area contributed by atoms with Gasteiger partial charge in [-0.3, -0.25) is 4.99 Å². The summed E-state index contributed by atoms with van der Waals surface area (Å²) in [7, 11) is -1.61. The molecule has 1 aromatic rings. The summed E-state index contributed by atoms with van der Waals surface area (Å²) in [5.74, 6) is 1.42. The first kappa shape index (κ1) is 16.8. The molecule has 122 valence electrons. The number of nitrogens with one attached hydrogen (secondary N) is 3. The fraction of sp³-hybridized carbons (Fsp3) is 0.533. The van der Waals surface area contributed by atoms with Gasteiger partial charge in [-0.15, -0.1) is 0 Å². The van der Waals surface area contributed by atoms with Crippen LogP contribution in [0.2, 0.25) is 0 Å². The van der Waals surface area contributed by atoms with E-state index in [0.29, 0.717) is 19.0 Å². The largest absolute Gasteiger partial charge is 0.356 e. The van der Waals surface area contributed by atoms with Crippen LogP contribution < -0.4 is 15.4 Å². The van der Waals surface area contributed by atoms with Crippen molar-refractivity contribution < 1.29 is 8.42 Å². The van der Waals surface area contributed by atoms with E-state index in [1.807, 2.05) is 30.3 Å². The maximum atomic E-state index is 11.9. The highest BCUT2D eigenvalue weighted by molar-refractivity contribution is 7.89. The van der Waals surface area contributed by atoms with E-state index < -0.39 is 10.0 Å². The predicted molar refractivity (Wildman–Crippen MR) is 89.2 cm³/mol. The Morgan fingerprint density at radius 2 is 1.95 bits per heavy atom. The smallest absolute Gasteiger partial charge is 0.213 e. The van der Waals surface area contributed by atoms with Gasteiger partial charge in [0.1, 0.15) is 0 Å². The van der Waals surface area contributed by atoms with E-state index in [-0.39, 0.29) is 5.75 Å². The molecule has 0 spiro atoms. The molecule has 2 rings (SSSR count). The molecule has 0 aliphatic heterocycles. The lowest BCUT2D eigenvalue weighted by molar-refractivity contribution is 0.579. The lowest BCUT2D eigenvalue weighted by Crippen LogP contribution is -2.41. The first-order valence-corrected chi connectivity index (χ1v) is 9.20. The molecule has 1 fully saturated rings. The second-order valence-electron chi connectivity index (χ2n) is 5.45. The Morgan fingerprint density at radius 3 is 2.59 bits per heavy atom. The Balaban J connectivity index is 1.67. The summed E-state index contributed by atoms with van der Waals surface area (Å²) in [6.45, 7) is 1.55. The summed E-state index contributed by atoms with van der Waals surface area (Å²) < 4.78 is 26.5. The topological polar surface area (TPSA) is 82.6 Å². The van der Waals surface area contributed by atoms with Crippen molar-refractivity contribution in [3.8, 4) is 0 Å². The second kappa shape index (κ2) is 8.14. The molecule has 3 N–H and O–H groups in total. The maximum Gasteiger partial charge on any atom is 0.213 e. The molecular formula is C15H24N4O2S. The van der Waals surface area contributed by atoms with Gasteiger partial charge in [-0.2, -0.15) is 0 Å². The van der Waals surface area contributed by atoms with Crippen molar-refractivity contribution in [3.63, 3.8) is 0 Å². The van der Waals surface area contributed by atoms with E-state index in [4.69, 9.17) is 0 Å². The van der Waals surface area contributed by atoms with Crippen LogP contribution in [-0.4, -0.2) is 40.3 Å². The molecular weight excluding hydrogens is 300 g/mol. The molecule has 0 unspecified atom stereocenters. The van der Waals surface area contributed by atoms with Crippen molar-refractivity contribution in [2.45, 2.75) is 19.4 Å². The average molecular weight is 324 g/mol. The average Bonchev–Trinajstić information content (AvgIpc) is 3.34. The van der Waals surface area contributed by atoms with Crippen molar-refractivity contribution in [3.05, 3.63) is 35.9 Å². The fourth-order valence-corrected chi connectivity index (χ4v) is 2.85. The number of benzene rings is 1. The third-order valence-electron chi connectivity index (χ3n) is 3.48. The van der Waals surface area contributed by atoms with Gasteiger partial charge in [0, 0.05) is 26.7 Å². The molecule has 6 nitrogen and oxygen atoms in total. The fourth-order valence-electron chi connectivity index (χ4n) is 1.95. The van der Waals surface area contributed by atoms with E-state index in [9.17, 15) is 8.42 Å². The number of guanidine groups is 1. The van der Waals surface area contributed by atoms with Crippen LogP contribution in [0.1, 0.15) is 18.4 Å². The quantitative estimate of drug-likeness (QED) is 0.485.